The van der Waals surface area contributed by atoms with Crippen LogP contribution < -0.4 is 5.73 Å². The summed E-state index contributed by atoms with van der Waals surface area (Å²) in [6.45, 7) is 9.50. The molecule has 3 rings (SSSR count). The Balaban J connectivity index is 1.93. The van der Waals surface area contributed by atoms with E-state index in [0.717, 1.165) is 5.56 Å². The lowest BCUT2D eigenvalue weighted by molar-refractivity contribution is -0.387. The summed E-state index contributed by atoms with van der Waals surface area (Å²) in [5.41, 5.74) is 5.62. The van der Waals surface area contributed by atoms with E-state index in [1.807, 2.05) is 65.0 Å². The second kappa shape index (κ2) is 9.61. The van der Waals surface area contributed by atoms with Crippen LogP contribution in [0.5, 0.6) is 0 Å². The van der Waals surface area contributed by atoms with Crippen molar-refractivity contribution >= 4 is 29.2 Å². The van der Waals surface area contributed by atoms with Crippen molar-refractivity contribution in [2.45, 2.75) is 68.6 Å². The lowest BCUT2D eigenvalue weighted by Crippen LogP contribution is -2.50. The molecule has 178 valence electrons. The molecular formula is C24H31N3O5S. The molecule has 0 saturated carbocycles. The SMILES string of the molecule is CC(C)(C)OC(=O)N1[C@@H](C[C@@H](Sc2ccc(N)cc2[N+](=O)[O-])c2ccccc2)COC1(C)C. The van der Waals surface area contributed by atoms with Crippen LogP contribution in [-0.2, 0) is 9.47 Å². The number of nitrogens with zero attached hydrogens (tertiary/aromatic N) is 2. The van der Waals surface area contributed by atoms with Gasteiger partial charge in [0.05, 0.1) is 22.5 Å². The quantitative estimate of drug-likeness (QED) is 0.245. The standard InChI is InChI=1S/C24H31N3O5S/c1-23(2,3)32-22(28)26-18(15-31-24(26,4)5)14-21(16-9-7-6-8-10-16)33-20-12-11-17(25)13-19(20)27(29)30/h6-13,18,21H,14-15,25H2,1-5H3/t18-,21+/m0/s1. The minimum atomic E-state index is -0.827. The van der Waals surface area contributed by atoms with Crippen LogP contribution in [0.25, 0.3) is 0 Å². The van der Waals surface area contributed by atoms with E-state index in [4.69, 9.17) is 15.2 Å². The van der Waals surface area contributed by atoms with Gasteiger partial charge in [0.2, 0.25) is 0 Å². The lowest BCUT2D eigenvalue weighted by Gasteiger charge is -2.36. The summed E-state index contributed by atoms with van der Waals surface area (Å²) in [4.78, 5) is 26.4. The van der Waals surface area contributed by atoms with E-state index in [2.05, 4.69) is 0 Å². The molecule has 2 atom stereocenters. The van der Waals surface area contributed by atoms with E-state index in [1.54, 1.807) is 17.0 Å². The number of carbonyl (C=O) groups is 1. The fourth-order valence-corrected chi connectivity index (χ4v) is 5.15. The van der Waals surface area contributed by atoms with Gasteiger partial charge in [-0.25, -0.2) is 4.79 Å². The number of rotatable bonds is 6. The highest BCUT2D eigenvalue weighted by Gasteiger charge is 2.46. The number of nitro groups is 1. The maximum absolute atomic E-state index is 13.1. The van der Waals surface area contributed by atoms with E-state index in [0.29, 0.717) is 23.6 Å². The van der Waals surface area contributed by atoms with Crippen molar-refractivity contribution in [2.75, 3.05) is 12.3 Å². The van der Waals surface area contributed by atoms with Gasteiger partial charge in [0.15, 0.2) is 0 Å². The topological polar surface area (TPSA) is 108 Å². The smallest absolute Gasteiger partial charge is 0.412 e. The molecule has 2 aromatic rings. The molecule has 0 radical (unpaired) electrons. The highest BCUT2D eigenvalue weighted by molar-refractivity contribution is 7.99. The fourth-order valence-electron chi connectivity index (χ4n) is 3.83. The van der Waals surface area contributed by atoms with Gasteiger partial charge in [0.1, 0.15) is 11.3 Å². The van der Waals surface area contributed by atoms with Crippen molar-refractivity contribution in [1.29, 1.82) is 0 Å². The van der Waals surface area contributed by atoms with E-state index < -0.39 is 22.3 Å². The minimum Gasteiger partial charge on any atom is -0.444 e. The number of nitrogen functional groups attached to an aromatic ring is 1. The van der Waals surface area contributed by atoms with Crippen LogP contribution in [0, 0.1) is 10.1 Å². The van der Waals surface area contributed by atoms with Crippen molar-refractivity contribution in [2.24, 2.45) is 0 Å². The molecule has 8 nitrogen and oxygen atoms in total. The average molecular weight is 474 g/mol. The van der Waals surface area contributed by atoms with Crippen LogP contribution in [0.15, 0.2) is 53.4 Å². The zero-order valence-electron chi connectivity index (χ0n) is 19.6. The normalized spacial score (nSPS) is 18.7. The Morgan fingerprint density at radius 2 is 1.97 bits per heavy atom. The largest absolute Gasteiger partial charge is 0.444 e. The van der Waals surface area contributed by atoms with Gasteiger partial charge in [-0.15, -0.1) is 11.8 Å². The van der Waals surface area contributed by atoms with Gasteiger partial charge in [-0.05, 0) is 58.7 Å². The Labute approximate surface area is 198 Å². The van der Waals surface area contributed by atoms with Crippen LogP contribution in [0.4, 0.5) is 16.2 Å². The van der Waals surface area contributed by atoms with E-state index in [9.17, 15) is 14.9 Å². The molecule has 0 bridgehead atoms. The van der Waals surface area contributed by atoms with Gasteiger partial charge in [0, 0.05) is 17.0 Å². The summed E-state index contributed by atoms with van der Waals surface area (Å²) in [6.07, 6.45) is 0.0871. The third kappa shape index (κ3) is 6.17. The van der Waals surface area contributed by atoms with Crippen molar-refractivity contribution in [3.8, 4) is 0 Å². The molecule has 0 spiro atoms. The number of carbonyl (C=O) groups excluding carboxylic acids is 1. The Hall–Kier alpha value is -2.78. The van der Waals surface area contributed by atoms with E-state index in [-0.39, 0.29) is 17.0 Å². The van der Waals surface area contributed by atoms with Crippen LogP contribution >= 0.6 is 11.8 Å². The van der Waals surface area contributed by atoms with Crippen LogP contribution in [0.2, 0.25) is 0 Å². The van der Waals surface area contributed by atoms with Gasteiger partial charge in [-0.2, -0.15) is 0 Å². The number of hydrogen-bond donors (Lipinski definition) is 1. The van der Waals surface area contributed by atoms with Gasteiger partial charge < -0.3 is 15.2 Å². The predicted molar refractivity (Wildman–Crippen MR) is 129 cm³/mol. The summed E-state index contributed by atoms with van der Waals surface area (Å²) in [5.74, 6) is 0. The predicted octanol–water partition coefficient (Wildman–Crippen LogP) is 5.77. The number of hydrogen-bond acceptors (Lipinski definition) is 7. The Morgan fingerprint density at radius 3 is 2.58 bits per heavy atom. The van der Waals surface area contributed by atoms with Gasteiger partial charge in [0.25, 0.3) is 5.69 Å². The molecule has 2 N–H and O–H groups in total. The monoisotopic (exact) mass is 473 g/mol. The first-order valence-electron chi connectivity index (χ1n) is 10.8. The molecule has 1 aliphatic heterocycles. The highest BCUT2D eigenvalue weighted by Crippen LogP contribution is 2.45. The summed E-state index contributed by atoms with van der Waals surface area (Å²) in [6, 6.07) is 14.2. The van der Waals surface area contributed by atoms with Crippen LogP contribution in [0.3, 0.4) is 0 Å². The maximum Gasteiger partial charge on any atom is 0.412 e. The van der Waals surface area contributed by atoms with E-state index >= 15 is 0 Å². The molecule has 0 aromatic heterocycles. The van der Waals surface area contributed by atoms with Crippen molar-refractivity contribution in [3.05, 3.63) is 64.2 Å². The average Bonchev–Trinajstić information content (AvgIpc) is 3.02. The van der Waals surface area contributed by atoms with Crippen LogP contribution in [-0.4, -0.2) is 39.9 Å². The Morgan fingerprint density at radius 1 is 1.30 bits per heavy atom. The molecule has 9 heteroatoms. The van der Waals surface area contributed by atoms with E-state index in [1.165, 1.54) is 17.8 Å². The number of thioether (sulfide) groups is 1. The summed E-state index contributed by atoms with van der Waals surface area (Å²) < 4.78 is 11.6. The van der Waals surface area contributed by atoms with Crippen molar-refractivity contribution < 1.29 is 19.2 Å². The number of anilines is 1. The number of benzene rings is 2. The Bertz CT molecular complexity index is 1010. The molecule has 1 amide bonds. The molecule has 1 aliphatic rings. The molecule has 0 aliphatic carbocycles. The number of nitro benzene ring substituents is 1. The third-order valence-electron chi connectivity index (χ3n) is 5.27. The van der Waals surface area contributed by atoms with Gasteiger partial charge in [-0.3, -0.25) is 15.0 Å². The molecule has 1 saturated heterocycles. The minimum absolute atomic E-state index is 0.0343. The summed E-state index contributed by atoms with van der Waals surface area (Å²) in [7, 11) is 0. The number of ether oxygens (including phenoxy) is 2. The molecular weight excluding hydrogens is 442 g/mol. The highest BCUT2D eigenvalue weighted by atomic mass is 32.2. The van der Waals surface area contributed by atoms with Gasteiger partial charge >= 0.3 is 6.09 Å². The molecule has 1 fully saturated rings. The first-order valence-corrected chi connectivity index (χ1v) is 11.7. The summed E-state index contributed by atoms with van der Waals surface area (Å²) >= 11 is 1.39. The van der Waals surface area contributed by atoms with Crippen LogP contribution in [0.1, 0.15) is 51.9 Å². The lowest BCUT2D eigenvalue weighted by atomic mass is 10.0. The summed E-state index contributed by atoms with van der Waals surface area (Å²) in [5, 5.41) is 11.5. The Kier molecular flexibility index (Phi) is 7.23. The van der Waals surface area contributed by atoms with Crippen molar-refractivity contribution in [3.63, 3.8) is 0 Å². The molecule has 2 aromatic carbocycles. The van der Waals surface area contributed by atoms with Gasteiger partial charge in [-0.1, -0.05) is 30.3 Å². The second-order valence-corrected chi connectivity index (χ2v) is 10.7. The zero-order chi connectivity index (χ0) is 24.4. The molecule has 0 unspecified atom stereocenters. The first-order chi connectivity index (χ1) is 15.4. The fraction of sp³-hybridized carbons (Fsp3) is 0.458. The molecule has 1 heterocycles. The first kappa shape index (κ1) is 24.9. The molecule has 33 heavy (non-hydrogen) atoms. The second-order valence-electron chi connectivity index (χ2n) is 9.50. The number of nitrogens with two attached hydrogens (primary N) is 1. The number of amides is 1. The maximum atomic E-state index is 13.1. The third-order valence-corrected chi connectivity index (χ3v) is 6.62. The zero-order valence-corrected chi connectivity index (χ0v) is 20.4. The van der Waals surface area contributed by atoms with Crippen molar-refractivity contribution in [1.82, 2.24) is 4.90 Å².